The molecule has 0 aliphatic rings. The molecule has 0 bridgehead atoms. The van der Waals surface area contributed by atoms with Crippen molar-refractivity contribution in [3.8, 4) is 11.8 Å². The Balaban J connectivity index is 2.68. The molecular weight excluding hydrogens is 262 g/mol. The molecular formula is C18H25NO2. The summed E-state index contributed by atoms with van der Waals surface area (Å²) in [7, 11) is 1.56. The molecule has 3 nitrogen and oxygen atoms in total. The predicted octanol–water partition coefficient (Wildman–Crippen LogP) is 4.79. The van der Waals surface area contributed by atoms with E-state index in [2.05, 4.69) is 13.8 Å². The standard InChI is InChI=1S/C18H25NO2/c1-4-6-8-15(5-2)14-21-17-10-7-9-16(13-17)18(20-3)11-12-19/h7,9-11,13,15H,4-6,8,14H2,1-3H3. The third-order valence-corrected chi connectivity index (χ3v) is 3.56. The van der Waals surface area contributed by atoms with Gasteiger partial charge in [0.1, 0.15) is 11.5 Å². The minimum absolute atomic E-state index is 0.556. The molecule has 0 amide bonds. The minimum Gasteiger partial charge on any atom is -0.495 e. The highest BCUT2D eigenvalue weighted by atomic mass is 16.5. The van der Waals surface area contributed by atoms with E-state index in [1.165, 1.54) is 25.3 Å². The topological polar surface area (TPSA) is 42.2 Å². The number of ether oxygens (including phenoxy) is 2. The van der Waals surface area contributed by atoms with Gasteiger partial charge in [0, 0.05) is 5.56 Å². The summed E-state index contributed by atoms with van der Waals surface area (Å²) in [5.41, 5.74) is 0.859. The van der Waals surface area contributed by atoms with E-state index in [-0.39, 0.29) is 0 Å². The molecule has 3 heteroatoms. The highest BCUT2D eigenvalue weighted by Crippen LogP contribution is 2.22. The van der Waals surface area contributed by atoms with Crippen molar-refractivity contribution in [1.29, 1.82) is 5.26 Å². The number of hydrogen-bond donors (Lipinski definition) is 0. The molecule has 0 aromatic heterocycles. The molecule has 0 saturated carbocycles. The van der Waals surface area contributed by atoms with Crippen LogP contribution >= 0.6 is 0 Å². The zero-order valence-corrected chi connectivity index (χ0v) is 13.3. The van der Waals surface area contributed by atoms with Crippen LogP contribution in [0.25, 0.3) is 5.76 Å². The molecule has 1 aromatic rings. The molecule has 0 fully saturated rings. The van der Waals surface area contributed by atoms with E-state index < -0.39 is 0 Å². The minimum atomic E-state index is 0.556. The number of allylic oxidation sites excluding steroid dienone is 1. The van der Waals surface area contributed by atoms with Gasteiger partial charge >= 0.3 is 0 Å². The monoisotopic (exact) mass is 287 g/mol. The summed E-state index contributed by atoms with van der Waals surface area (Å²) >= 11 is 0. The van der Waals surface area contributed by atoms with Gasteiger partial charge in [0.15, 0.2) is 0 Å². The Morgan fingerprint density at radius 1 is 1.38 bits per heavy atom. The molecule has 0 aliphatic heterocycles. The Bertz CT molecular complexity index is 488. The summed E-state index contributed by atoms with van der Waals surface area (Å²) in [6, 6.07) is 9.68. The number of benzene rings is 1. The molecule has 1 rings (SSSR count). The van der Waals surface area contributed by atoms with Crippen molar-refractivity contribution >= 4 is 5.76 Å². The highest BCUT2D eigenvalue weighted by molar-refractivity contribution is 5.63. The Kier molecular flexibility index (Phi) is 8.04. The Hall–Kier alpha value is -1.95. The molecule has 1 unspecified atom stereocenters. The lowest BCUT2D eigenvalue weighted by Gasteiger charge is -2.16. The maximum atomic E-state index is 8.75. The van der Waals surface area contributed by atoms with Crippen molar-refractivity contribution < 1.29 is 9.47 Å². The van der Waals surface area contributed by atoms with Crippen LogP contribution in [0.3, 0.4) is 0 Å². The van der Waals surface area contributed by atoms with Gasteiger partial charge in [-0.1, -0.05) is 45.2 Å². The summed E-state index contributed by atoms with van der Waals surface area (Å²) in [5, 5.41) is 8.75. The first-order chi connectivity index (χ1) is 10.2. The lowest BCUT2D eigenvalue weighted by molar-refractivity contribution is 0.233. The number of hydrogen-bond acceptors (Lipinski definition) is 3. The first-order valence-electron chi connectivity index (χ1n) is 7.62. The number of methoxy groups -OCH3 is 1. The molecule has 0 N–H and O–H groups in total. The van der Waals surface area contributed by atoms with Crippen LogP contribution in [-0.2, 0) is 4.74 Å². The van der Waals surface area contributed by atoms with Gasteiger partial charge in [-0.2, -0.15) is 5.26 Å². The third-order valence-electron chi connectivity index (χ3n) is 3.56. The first kappa shape index (κ1) is 17.1. The van der Waals surface area contributed by atoms with Gasteiger partial charge in [-0.05, 0) is 24.5 Å². The van der Waals surface area contributed by atoms with Crippen LogP contribution in [0.15, 0.2) is 30.3 Å². The van der Waals surface area contributed by atoms with Crippen molar-refractivity contribution in [2.75, 3.05) is 13.7 Å². The second kappa shape index (κ2) is 9.88. The zero-order valence-electron chi connectivity index (χ0n) is 13.3. The van der Waals surface area contributed by atoms with Crippen molar-refractivity contribution in [1.82, 2.24) is 0 Å². The molecule has 0 aliphatic carbocycles. The van der Waals surface area contributed by atoms with Crippen LogP contribution in [0, 0.1) is 17.2 Å². The molecule has 1 atom stereocenters. The van der Waals surface area contributed by atoms with Gasteiger partial charge in [-0.3, -0.25) is 0 Å². The van der Waals surface area contributed by atoms with Gasteiger partial charge in [0.25, 0.3) is 0 Å². The Labute approximate surface area is 128 Å². The van der Waals surface area contributed by atoms with Gasteiger partial charge in [0.05, 0.1) is 25.9 Å². The van der Waals surface area contributed by atoms with E-state index in [1.54, 1.807) is 7.11 Å². The van der Waals surface area contributed by atoms with Gasteiger partial charge in [-0.25, -0.2) is 0 Å². The van der Waals surface area contributed by atoms with Gasteiger partial charge in [0.2, 0.25) is 0 Å². The van der Waals surface area contributed by atoms with E-state index in [0.717, 1.165) is 24.3 Å². The molecule has 0 spiro atoms. The van der Waals surface area contributed by atoms with Crippen molar-refractivity contribution in [3.63, 3.8) is 0 Å². The fourth-order valence-corrected chi connectivity index (χ4v) is 2.17. The van der Waals surface area contributed by atoms with E-state index >= 15 is 0 Å². The second-order valence-electron chi connectivity index (χ2n) is 5.10. The average molecular weight is 287 g/mol. The summed E-state index contributed by atoms with van der Waals surface area (Å²) in [4.78, 5) is 0. The van der Waals surface area contributed by atoms with Crippen molar-refractivity contribution in [3.05, 3.63) is 35.9 Å². The largest absolute Gasteiger partial charge is 0.495 e. The van der Waals surface area contributed by atoms with Gasteiger partial charge < -0.3 is 9.47 Å². The smallest absolute Gasteiger partial charge is 0.136 e. The van der Waals surface area contributed by atoms with E-state index in [9.17, 15) is 0 Å². The van der Waals surface area contributed by atoms with E-state index in [4.69, 9.17) is 14.7 Å². The van der Waals surface area contributed by atoms with Crippen LogP contribution in [0.2, 0.25) is 0 Å². The predicted molar refractivity (Wildman–Crippen MR) is 85.8 cm³/mol. The average Bonchev–Trinajstić information content (AvgIpc) is 2.53. The maximum Gasteiger partial charge on any atom is 0.136 e. The lowest BCUT2D eigenvalue weighted by Crippen LogP contribution is -2.11. The summed E-state index contributed by atoms with van der Waals surface area (Å²) in [6.45, 7) is 5.16. The van der Waals surface area contributed by atoms with E-state index in [1.807, 2.05) is 30.3 Å². The van der Waals surface area contributed by atoms with Crippen LogP contribution < -0.4 is 4.74 Å². The SMILES string of the molecule is CCCCC(CC)COc1cccc(C(=CC#N)OC)c1. The van der Waals surface area contributed by atoms with Crippen LogP contribution in [0.1, 0.15) is 45.1 Å². The summed E-state index contributed by atoms with van der Waals surface area (Å²) < 4.78 is 11.1. The van der Waals surface area contributed by atoms with Crippen LogP contribution in [0.4, 0.5) is 0 Å². The molecule has 114 valence electrons. The number of unbranched alkanes of at least 4 members (excludes halogenated alkanes) is 1. The van der Waals surface area contributed by atoms with E-state index in [0.29, 0.717) is 11.7 Å². The Morgan fingerprint density at radius 2 is 2.19 bits per heavy atom. The third kappa shape index (κ3) is 5.91. The number of nitrogens with zero attached hydrogens (tertiary/aromatic N) is 1. The van der Waals surface area contributed by atoms with Crippen LogP contribution in [-0.4, -0.2) is 13.7 Å². The molecule has 0 radical (unpaired) electrons. The summed E-state index contributed by atoms with van der Waals surface area (Å²) in [6.07, 6.45) is 6.22. The normalized spacial score (nSPS) is 12.6. The summed E-state index contributed by atoms with van der Waals surface area (Å²) in [5.74, 6) is 1.98. The highest BCUT2D eigenvalue weighted by Gasteiger charge is 2.08. The quantitative estimate of drug-likeness (QED) is 0.484. The molecule has 0 saturated heterocycles. The Morgan fingerprint density at radius 3 is 2.81 bits per heavy atom. The fraction of sp³-hybridized carbons (Fsp3) is 0.500. The van der Waals surface area contributed by atoms with Crippen molar-refractivity contribution in [2.24, 2.45) is 5.92 Å². The number of nitriles is 1. The molecule has 1 aromatic carbocycles. The zero-order chi connectivity index (χ0) is 15.5. The maximum absolute atomic E-state index is 8.75. The first-order valence-corrected chi connectivity index (χ1v) is 7.62. The lowest BCUT2D eigenvalue weighted by atomic mass is 10.0. The van der Waals surface area contributed by atoms with Crippen LogP contribution in [0.5, 0.6) is 5.75 Å². The second-order valence-corrected chi connectivity index (χ2v) is 5.10. The van der Waals surface area contributed by atoms with Gasteiger partial charge in [-0.15, -0.1) is 0 Å². The number of rotatable bonds is 9. The molecule has 0 heterocycles. The van der Waals surface area contributed by atoms with Crippen molar-refractivity contribution in [2.45, 2.75) is 39.5 Å². The fourth-order valence-electron chi connectivity index (χ4n) is 2.17. The molecule has 21 heavy (non-hydrogen) atoms.